The average molecular weight is 599 g/mol. The minimum atomic E-state index is -3.34. The molecule has 4 rings (SSSR count). The normalized spacial score (nSPS) is 10.9. The average Bonchev–Trinajstić information content (AvgIpc) is 3.34. The van der Waals surface area contributed by atoms with Crippen LogP contribution in [-0.2, 0) is 14.6 Å². The number of carbonyl (C=O) groups is 2. The van der Waals surface area contributed by atoms with Gasteiger partial charge in [-0.15, -0.1) is 0 Å². The molecule has 0 unspecified atom stereocenters. The number of amides is 1. The van der Waals surface area contributed by atoms with Crippen LogP contribution >= 0.6 is 11.3 Å². The molecular weight excluding hydrogens is 568 g/mol. The first-order valence-electron chi connectivity index (χ1n) is 11.9. The van der Waals surface area contributed by atoms with Gasteiger partial charge in [-0.25, -0.2) is 18.2 Å². The number of nitrogens with one attached hydrogen (secondary N) is 1. The molecule has 12 heteroatoms. The number of ether oxygens (including phenoxy) is 4. The molecule has 4 aromatic rings. The van der Waals surface area contributed by atoms with E-state index in [1.807, 2.05) is 13.8 Å². The first-order valence-corrected chi connectivity index (χ1v) is 14.6. The van der Waals surface area contributed by atoms with Crippen molar-refractivity contribution in [2.45, 2.75) is 32.3 Å². The van der Waals surface area contributed by atoms with E-state index in [9.17, 15) is 18.0 Å². The molecule has 216 valence electrons. The molecule has 0 spiro atoms. The Morgan fingerprint density at radius 3 is 2.22 bits per heavy atom. The van der Waals surface area contributed by atoms with Crippen LogP contribution in [0.5, 0.6) is 28.1 Å². The maximum atomic E-state index is 13.1. The number of thiazole rings is 1. The lowest BCUT2D eigenvalue weighted by atomic mass is 10.2. The molecule has 0 bridgehead atoms. The lowest BCUT2D eigenvalue weighted by Crippen LogP contribution is -2.13. The van der Waals surface area contributed by atoms with E-state index in [4.69, 9.17) is 18.9 Å². The number of nitrogens with zero attached hydrogens (tertiary/aromatic N) is 1. The van der Waals surface area contributed by atoms with Crippen molar-refractivity contribution in [3.05, 3.63) is 84.1 Å². The Balaban J connectivity index is 0.00000462. The molecule has 0 aliphatic heterocycles. The predicted molar refractivity (Wildman–Crippen MR) is 156 cm³/mol. The largest absolute Gasteiger partial charge is 0.491 e. The Morgan fingerprint density at radius 2 is 1.56 bits per heavy atom. The van der Waals surface area contributed by atoms with Crippen LogP contribution in [0.3, 0.4) is 0 Å². The number of hydrogen-bond donors (Lipinski definition) is 1. The second kappa shape index (κ2) is 13.3. The molecule has 0 fully saturated rings. The minimum absolute atomic E-state index is 0. The topological polar surface area (TPSA) is 130 Å². The summed E-state index contributed by atoms with van der Waals surface area (Å²) >= 11 is 1.10. The van der Waals surface area contributed by atoms with E-state index in [2.05, 4.69) is 10.3 Å². The molecule has 1 amide bonds. The zero-order valence-corrected chi connectivity index (χ0v) is 23.7. The Morgan fingerprint density at radius 1 is 0.878 bits per heavy atom. The van der Waals surface area contributed by atoms with Crippen molar-refractivity contribution in [3.63, 3.8) is 0 Å². The zero-order chi connectivity index (χ0) is 28.9. The maximum Gasteiger partial charge on any atom is 0.337 e. The summed E-state index contributed by atoms with van der Waals surface area (Å²) in [5, 5.41) is 3.42. The van der Waals surface area contributed by atoms with E-state index in [-0.39, 0.29) is 29.1 Å². The summed E-state index contributed by atoms with van der Waals surface area (Å²) in [6.45, 7) is 3.71. The number of aromatic nitrogens is 1. The van der Waals surface area contributed by atoms with Gasteiger partial charge in [0.25, 0.3) is 5.91 Å². The molecule has 0 saturated carbocycles. The Labute approximate surface area is 242 Å². The SMILES string of the molecule is C.COC(=O)c1cccc(Oc2cnc(NC(=O)c3cc(Oc4ccc(S(C)(=O)=O)cc4)cc(OC(C)C)c3)s2)c1. The second-order valence-electron chi connectivity index (χ2n) is 8.77. The highest BCUT2D eigenvalue weighted by molar-refractivity contribution is 7.90. The van der Waals surface area contributed by atoms with Crippen LogP contribution in [0.15, 0.2) is 77.8 Å². The molecule has 0 saturated heterocycles. The van der Waals surface area contributed by atoms with Gasteiger partial charge in [-0.2, -0.15) is 0 Å². The number of methoxy groups -OCH3 is 1. The molecule has 41 heavy (non-hydrogen) atoms. The van der Waals surface area contributed by atoms with Gasteiger partial charge in [0.1, 0.15) is 23.0 Å². The molecular formula is C29H30N2O8S2. The van der Waals surface area contributed by atoms with Crippen molar-refractivity contribution in [3.8, 4) is 28.1 Å². The third kappa shape index (κ3) is 8.53. The van der Waals surface area contributed by atoms with Gasteiger partial charge in [-0.3, -0.25) is 10.1 Å². The van der Waals surface area contributed by atoms with Gasteiger partial charge in [-0.1, -0.05) is 24.8 Å². The molecule has 0 atom stereocenters. The number of carbonyl (C=O) groups excluding carboxylic acids is 2. The Kier molecular flexibility index (Phi) is 10.1. The Hall–Kier alpha value is -4.42. The summed E-state index contributed by atoms with van der Waals surface area (Å²) in [6.07, 6.45) is 2.43. The monoisotopic (exact) mass is 598 g/mol. The van der Waals surface area contributed by atoms with Crippen molar-refractivity contribution in [2.24, 2.45) is 0 Å². The summed E-state index contributed by atoms with van der Waals surface area (Å²) in [4.78, 5) is 29.2. The summed E-state index contributed by atoms with van der Waals surface area (Å²) in [7, 11) is -2.05. The van der Waals surface area contributed by atoms with Crippen molar-refractivity contribution < 1.29 is 37.0 Å². The molecule has 3 aromatic carbocycles. The van der Waals surface area contributed by atoms with Crippen LogP contribution in [-0.4, -0.2) is 44.7 Å². The van der Waals surface area contributed by atoms with Crippen LogP contribution < -0.4 is 19.5 Å². The van der Waals surface area contributed by atoms with Crippen LogP contribution in [0.4, 0.5) is 5.13 Å². The molecule has 1 heterocycles. The van der Waals surface area contributed by atoms with Crippen LogP contribution in [0.1, 0.15) is 42.0 Å². The van der Waals surface area contributed by atoms with Gasteiger partial charge in [0.2, 0.25) is 5.06 Å². The fourth-order valence-corrected chi connectivity index (χ4v) is 4.76. The van der Waals surface area contributed by atoms with Gasteiger partial charge in [0.15, 0.2) is 15.0 Å². The van der Waals surface area contributed by atoms with Crippen LogP contribution in [0.2, 0.25) is 0 Å². The highest BCUT2D eigenvalue weighted by Crippen LogP contribution is 2.32. The summed E-state index contributed by atoms with van der Waals surface area (Å²) in [5.41, 5.74) is 0.593. The number of benzene rings is 3. The van der Waals surface area contributed by atoms with Crippen LogP contribution in [0, 0.1) is 0 Å². The van der Waals surface area contributed by atoms with E-state index < -0.39 is 21.7 Å². The molecule has 1 N–H and O–H groups in total. The summed E-state index contributed by atoms with van der Waals surface area (Å²) in [5.74, 6) is 0.594. The van der Waals surface area contributed by atoms with Gasteiger partial charge >= 0.3 is 5.97 Å². The third-order valence-electron chi connectivity index (χ3n) is 5.18. The van der Waals surface area contributed by atoms with E-state index >= 15 is 0 Å². The summed E-state index contributed by atoms with van der Waals surface area (Å²) < 4.78 is 45.7. The molecule has 10 nitrogen and oxygen atoms in total. The van der Waals surface area contributed by atoms with Crippen molar-refractivity contribution in [2.75, 3.05) is 18.7 Å². The van der Waals surface area contributed by atoms with Crippen molar-refractivity contribution in [1.29, 1.82) is 0 Å². The predicted octanol–water partition coefficient (Wildman–Crippen LogP) is 6.59. The fourth-order valence-electron chi connectivity index (χ4n) is 3.45. The van der Waals surface area contributed by atoms with Gasteiger partial charge in [0.05, 0.1) is 29.9 Å². The van der Waals surface area contributed by atoms with E-state index in [1.165, 1.54) is 43.6 Å². The molecule has 0 aliphatic rings. The lowest BCUT2D eigenvalue weighted by Gasteiger charge is -2.14. The highest BCUT2D eigenvalue weighted by Gasteiger charge is 2.15. The fraction of sp³-hybridized carbons (Fsp3) is 0.207. The van der Waals surface area contributed by atoms with Gasteiger partial charge in [0, 0.05) is 17.9 Å². The second-order valence-corrected chi connectivity index (χ2v) is 11.8. The Bertz CT molecular complexity index is 1630. The number of hydrogen-bond acceptors (Lipinski definition) is 10. The first kappa shape index (κ1) is 31.1. The van der Waals surface area contributed by atoms with Gasteiger partial charge < -0.3 is 18.9 Å². The third-order valence-corrected chi connectivity index (χ3v) is 7.10. The molecule has 1 aromatic heterocycles. The zero-order valence-electron chi connectivity index (χ0n) is 22.0. The number of rotatable bonds is 10. The van der Waals surface area contributed by atoms with Crippen molar-refractivity contribution >= 4 is 38.2 Å². The maximum absolute atomic E-state index is 13.1. The minimum Gasteiger partial charge on any atom is -0.491 e. The standard InChI is InChI=1S/C28H26N2O8S2.CH4/c1-17(2)36-22-13-19(14-23(15-22)37-20-8-10-24(11-9-20)40(4,33)34)26(31)30-28-29-16-25(39-28)38-21-7-5-6-18(12-21)27(32)35-3;/h5-17H,1-4H3,(H,29,30,31);1H4. The molecule has 0 aliphatic carbocycles. The number of esters is 1. The first-order chi connectivity index (χ1) is 19.0. The van der Waals surface area contributed by atoms with E-state index in [1.54, 1.807) is 36.4 Å². The number of anilines is 1. The smallest absolute Gasteiger partial charge is 0.337 e. The van der Waals surface area contributed by atoms with Crippen molar-refractivity contribution in [1.82, 2.24) is 4.98 Å². The quantitative estimate of drug-likeness (QED) is 0.201. The van der Waals surface area contributed by atoms with E-state index in [0.717, 1.165) is 17.6 Å². The lowest BCUT2D eigenvalue weighted by molar-refractivity contribution is 0.0600. The highest BCUT2D eigenvalue weighted by atomic mass is 32.2. The molecule has 0 radical (unpaired) electrons. The van der Waals surface area contributed by atoms with E-state index in [0.29, 0.717) is 33.6 Å². The van der Waals surface area contributed by atoms with Gasteiger partial charge in [-0.05, 0) is 68.4 Å². The number of sulfone groups is 1. The van der Waals surface area contributed by atoms with Crippen LogP contribution in [0.25, 0.3) is 0 Å². The summed E-state index contributed by atoms with van der Waals surface area (Å²) in [6, 6.07) is 17.2.